The number of thioether (sulfide) groups is 1. The van der Waals surface area contributed by atoms with Crippen LogP contribution < -0.4 is 5.32 Å². The molecule has 0 aromatic carbocycles. The fraction of sp³-hybridized carbons (Fsp3) is 0.308. The maximum Gasteiger partial charge on any atom is 0.198 e. The second kappa shape index (κ2) is 4.83. The zero-order chi connectivity index (χ0) is 13.2. The Morgan fingerprint density at radius 3 is 2.78 bits per heavy atom. The molecule has 1 aromatic heterocycles. The van der Waals surface area contributed by atoms with E-state index in [2.05, 4.69) is 48.5 Å². The normalized spacial score (nSPS) is 17.8. The maximum atomic E-state index is 9.27. The smallest absolute Gasteiger partial charge is 0.198 e. The van der Waals surface area contributed by atoms with Crippen LogP contribution in [0.15, 0.2) is 28.4 Å². The molecule has 0 saturated carbocycles. The van der Waals surface area contributed by atoms with Gasteiger partial charge in [-0.05, 0) is 11.5 Å². The molecular weight excluding hydrogens is 244 g/mol. The molecule has 2 heterocycles. The van der Waals surface area contributed by atoms with E-state index < -0.39 is 0 Å². The van der Waals surface area contributed by atoms with Gasteiger partial charge < -0.3 is 5.32 Å². The van der Waals surface area contributed by atoms with E-state index in [0.29, 0.717) is 11.3 Å². The van der Waals surface area contributed by atoms with E-state index in [-0.39, 0.29) is 5.41 Å². The van der Waals surface area contributed by atoms with E-state index >= 15 is 0 Å². The highest BCUT2D eigenvalue weighted by atomic mass is 32.2. The molecule has 1 aromatic rings. The zero-order valence-corrected chi connectivity index (χ0v) is 11.3. The summed E-state index contributed by atoms with van der Waals surface area (Å²) in [6.07, 6.45) is 4.08. The Morgan fingerprint density at radius 1 is 1.50 bits per heavy atom. The molecule has 0 spiro atoms. The van der Waals surface area contributed by atoms with Gasteiger partial charge in [0.2, 0.25) is 0 Å². The van der Waals surface area contributed by atoms with Crippen molar-refractivity contribution in [3.8, 4) is 6.07 Å². The van der Waals surface area contributed by atoms with Crippen molar-refractivity contribution in [3.05, 3.63) is 40.4 Å². The van der Waals surface area contributed by atoms with Gasteiger partial charge >= 0.3 is 0 Å². The van der Waals surface area contributed by atoms with E-state index in [0.717, 1.165) is 10.7 Å². The molecule has 4 nitrogen and oxygen atoms in total. The van der Waals surface area contributed by atoms with Crippen molar-refractivity contribution >= 4 is 17.3 Å². The molecule has 1 N–H and O–H groups in total. The minimum absolute atomic E-state index is 0.0348. The third kappa shape index (κ3) is 2.54. The Hall–Kier alpha value is -1.80. The Morgan fingerprint density at radius 2 is 2.28 bits per heavy atom. The van der Waals surface area contributed by atoms with E-state index in [1.807, 2.05) is 5.41 Å². The molecule has 0 bridgehead atoms. The molecule has 2 rings (SSSR count). The summed E-state index contributed by atoms with van der Waals surface area (Å²) in [6, 6.07) is 3.89. The molecule has 0 aliphatic carbocycles. The van der Waals surface area contributed by atoms with Crippen LogP contribution in [0.3, 0.4) is 0 Å². The molecule has 0 unspecified atom stereocenters. The number of nitrogens with zero attached hydrogens (tertiary/aromatic N) is 3. The average Bonchev–Trinajstić information content (AvgIpc) is 2.81. The molecule has 0 amide bonds. The number of nitriles is 1. The van der Waals surface area contributed by atoms with Gasteiger partial charge in [0.15, 0.2) is 6.33 Å². The molecule has 5 heteroatoms. The van der Waals surface area contributed by atoms with Crippen LogP contribution in [0, 0.1) is 23.1 Å². The lowest BCUT2D eigenvalue weighted by atomic mass is 9.93. The fourth-order valence-electron chi connectivity index (χ4n) is 1.41. The summed E-state index contributed by atoms with van der Waals surface area (Å²) in [5.41, 5.74) is 2.25. The molecule has 0 atom stereocenters. The average molecular weight is 257 g/mol. The Balaban J connectivity index is 2.32. The van der Waals surface area contributed by atoms with E-state index in [9.17, 15) is 5.26 Å². The highest BCUT2D eigenvalue weighted by Crippen LogP contribution is 2.37. The summed E-state index contributed by atoms with van der Waals surface area (Å²) in [7, 11) is 0. The summed E-state index contributed by atoms with van der Waals surface area (Å²) in [5, 5.41) is 15.4. The van der Waals surface area contributed by atoms with Crippen molar-refractivity contribution in [3.63, 3.8) is 0 Å². The van der Waals surface area contributed by atoms with Crippen molar-refractivity contribution in [2.75, 3.05) is 0 Å². The van der Waals surface area contributed by atoms with Gasteiger partial charge in [0.25, 0.3) is 0 Å². The number of hydrogen-bond acceptors (Lipinski definition) is 5. The fourth-order valence-corrected chi connectivity index (χ4v) is 2.49. The lowest BCUT2D eigenvalue weighted by Gasteiger charge is -2.20. The highest BCUT2D eigenvalue weighted by molar-refractivity contribution is 8.06. The summed E-state index contributed by atoms with van der Waals surface area (Å²) in [5.74, 6) is 0. The predicted octanol–water partition coefficient (Wildman–Crippen LogP) is 2.69. The van der Waals surface area contributed by atoms with Gasteiger partial charge in [-0.25, -0.2) is 9.97 Å². The quantitative estimate of drug-likeness (QED) is 0.784. The van der Waals surface area contributed by atoms with Crippen LogP contribution in [-0.4, -0.2) is 9.97 Å². The number of nitrogens with one attached hydrogen (secondary N) is 1. The first kappa shape index (κ1) is 12.7. The van der Waals surface area contributed by atoms with Gasteiger partial charge in [0.1, 0.15) is 11.6 Å². The minimum Gasteiger partial charge on any atom is -0.351 e. The van der Waals surface area contributed by atoms with Crippen LogP contribution in [0.4, 0.5) is 0 Å². The summed E-state index contributed by atoms with van der Waals surface area (Å²) >= 11 is 1.51. The topological polar surface area (TPSA) is 61.6 Å². The Bertz CT molecular complexity index is 547. The Labute approximate surface area is 111 Å². The lowest BCUT2D eigenvalue weighted by molar-refractivity contribution is 0.481. The van der Waals surface area contributed by atoms with Crippen molar-refractivity contribution in [2.24, 2.45) is 5.41 Å². The van der Waals surface area contributed by atoms with Crippen LogP contribution in [0.1, 0.15) is 26.5 Å². The van der Waals surface area contributed by atoms with Crippen LogP contribution >= 0.6 is 11.8 Å². The van der Waals surface area contributed by atoms with Gasteiger partial charge in [-0.15, -0.1) is 0 Å². The molecule has 1 aliphatic rings. The van der Waals surface area contributed by atoms with Crippen molar-refractivity contribution in [1.29, 1.82) is 5.26 Å². The van der Waals surface area contributed by atoms with Gasteiger partial charge in [-0.1, -0.05) is 32.5 Å². The molecule has 0 saturated heterocycles. The molecular formula is C13H13N4S. The maximum absolute atomic E-state index is 9.27. The summed E-state index contributed by atoms with van der Waals surface area (Å²) < 4.78 is 0. The van der Waals surface area contributed by atoms with Gasteiger partial charge in [-0.3, -0.25) is 0 Å². The second-order valence-electron chi connectivity index (χ2n) is 4.88. The summed E-state index contributed by atoms with van der Waals surface area (Å²) in [4.78, 5) is 7.72. The molecule has 1 aliphatic heterocycles. The van der Waals surface area contributed by atoms with Gasteiger partial charge in [0, 0.05) is 17.3 Å². The molecule has 18 heavy (non-hydrogen) atoms. The standard InChI is InChI=1S/C13H13N4S/c1-13(2,3)11-7-18-12(17-11)9(6-14)10-4-5-15-8-16-10/h4-5,7,17H,1-3H3. The van der Waals surface area contributed by atoms with Crippen LogP contribution in [-0.2, 0) is 0 Å². The first-order chi connectivity index (χ1) is 8.52. The molecule has 91 valence electrons. The second-order valence-corrected chi connectivity index (χ2v) is 5.76. The van der Waals surface area contributed by atoms with Crippen molar-refractivity contribution in [2.45, 2.75) is 20.8 Å². The van der Waals surface area contributed by atoms with Crippen LogP contribution in [0.5, 0.6) is 0 Å². The monoisotopic (exact) mass is 257 g/mol. The first-order valence-electron chi connectivity index (χ1n) is 5.50. The predicted molar refractivity (Wildman–Crippen MR) is 71.7 cm³/mol. The number of aromatic nitrogens is 2. The summed E-state index contributed by atoms with van der Waals surface area (Å²) in [6.45, 7) is 6.37. The van der Waals surface area contributed by atoms with E-state index in [4.69, 9.17) is 0 Å². The van der Waals surface area contributed by atoms with E-state index in [1.165, 1.54) is 11.8 Å². The molecule has 1 radical (unpaired) electrons. The van der Waals surface area contributed by atoms with Crippen molar-refractivity contribution in [1.82, 2.24) is 15.3 Å². The van der Waals surface area contributed by atoms with Crippen LogP contribution in [0.2, 0.25) is 0 Å². The molecule has 0 fully saturated rings. The zero-order valence-electron chi connectivity index (χ0n) is 10.5. The van der Waals surface area contributed by atoms with Gasteiger partial charge in [0.05, 0.1) is 10.7 Å². The largest absolute Gasteiger partial charge is 0.351 e. The third-order valence-electron chi connectivity index (χ3n) is 2.48. The highest BCUT2D eigenvalue weighted by Gasteiger charge is 2.24. The van der Waals surface area contributed by atoms with Gasteiger partial charge in [-0.2, -0.15) is 5.26 Å². The minimum atomic E-state index is 0.0348. The number of rotatable bonds is 1. The number of hydrogen-bond donors (Lipinski definition) is 1. The lowest BCUT2D eigenvalue weighted by Crippen LogP contribution is -2.20. The SMILES string of the molecule is CC(C)(C)C1=CSC(=C(C#N)c2ccn[c]n2)N1. The Kier molecular flexibility index (Phi) is 3.39. The van der Waals surface area contributed by atoms with E-state index in [1.54, 1.807) is 12.3 Å². The van der Waals surface area contributed by atoms with Crippen molar-refractivity contribution < 1.29 is 0 Å². The first-order valence-corrected chi connectivity index (χ1v) is 6.38. The number of allylic oxidation sites excluding steroid dienone is 2. The third-order valence-corrected chi connectivity index (χ3v) is 3.38. The van der Waals surface area contributed by atoms with Crippen LogP contribution in [0.25, 0.3) is 5.57 Å².